The first kappa shape index (κ1) is 26.0. The summed E-state index contributed by atoms with van der Waals surface area (Å²) in [7, 11) is 0. The van der Waals surface area contributed by atoms with Crippen molar-refractivity contribution in [3.05, 3.63) is 12.0 Å². The number of rotatable bonds is 15. The van der Waals surface area contributed by atoms with Gasteiger partial charge in [-0.3, -0.25) is 9.69 Å². The van der Waals surface area contributed by atoms with Gasteiger partial charge in [-0.1, -0.05) is 39.5 Å². The summed E-state index contributed by atoms with van der Waals surface area (Å²) in [6.45, 7) is 6.17. The Morgan fingerprint density at radius 2 is 1.88 bits per heavy atom. The van der Waals surface area contributed by atoms with Crippen molar-refractivity contribution >= 4 is 5.97 Å². The van der Waals surface area contributed by atoms with E-state index in [2.05, 4.69) is 12.2 Å². The number of carboxylic acids is 1. The SMILES string of the molecule is CCCC/C([O-])=C/NCCN(CCC(=O)O)CC(O)CCCC.[Na+]. The zero-order valence-corrected chi connectivity index (χ0v) is 17.6. The molecule has 1 unspecified atom stereocenters. The number of carboxylic acid groups (broad SMARTS) is 1. The molecule has 0 spiro atoms. The van der Waals surface area contributed by atoms with E-state index in [1.165, 1.54) is 6.20 Å². The minimum Gasteiger partial charge on any atom is -0.874 e. The van der Waals surface area contributed by atoms with Gasteiger partial charge in [-0.15, -0.1) is 5.76 Å². The number of unbranched alkanes of at least 4 members (excludes halogenated alkanes) is 2. The Balaban J connectivity index is 0. The van der Waals surface area contributed by atoms with Crippen molar-refractivity contribution in [2.45, 2.75) is 64.9 Å². The van der Waals surface area contributed by atoms with Crippen molar-refractivity contribution in [3.8, 4) is 0 Å². The van der Waals surface area contributed by atoms with Crippen molar-refractivity contribution in [1.82, 2.24) is 10.2 Å². The maximum atomic E-state index is 11.5. The van der Waals surface area contributed by atoms with E-state index in [0.29, 0.717) is 32.6 Å². The fraction of sp³-hybridized carbons (Fsp3) is 0.824. The molecule has 0 bridgehead atoms. The summed E-state index contributed by atoms with van der Waals surface area (Å²) in [6, 6.07) is 0. The monoisotopic (exact) mass is 352 g/mol. The van der Waals surface area contributed by atoms with E-state index < -0.39 is 12.1 Å². The van der Waals surface area contributed by atoms with Crippen LogP contribution in [0.3, 0.4) is 0 Å². The Bertz CT molecular complexity index is 341. The predicted octanol–water partition coefficient (Wildman–Crippen LogP) is -1.70. The van der Waals surface area contributed by atoms with Crippen molar-refractivity contribution in [2.24, 2.45) is 0 Å². The van der Waals surface area contributed by atoms with Crippen LogP contribution in [0.25, 0.3) is 0 Å². The van der Waals surface area contributed by atoms with Gasteiger partial charge in [-0.25, -0.2) is 0 Å². The Kier molecular flexibility index (Phi) is 19.0. The third kappa shape index (κ3) is 16.6. The van der Waals surface area contributed by atoms with Gasteiger partial charge in [0.2, 0.25) is 0 Å². The van der Waals surface area contributed by atoms with E-state index >= 15 is 0 Å². The largest absolute Gasteiger partial charge is 1.00 e. The molecule has 7 heteroatoms. The van der Waals surface area contributed by atoms with Gasteiger partial charge in [0.15, 0.2) is 0 Å². The second kappa shape index (κ2) is 17.5. The van der Waals surface area contributed by atoms with Crippen molar-refractivity contribution in [2.75, 3.05) is 26.2 Å². The third-order valence-electron chi connectivity index (χ3n) is 3.61. The number of hydrogen-bond acceptors (Lipinski definition) is 5. The Hall–Kier alpha value is -0.270. The molecule has 0 rings (SSSR count). The fourth-order valence-electron chi connectivity index (χ4n) is 2.21. The summed E-state index contributed by atoms with van der Waals surface area (Å²) in [5.74, 6) is -0.751. The molecule has 6 nitrogen and oxygen atoms in total. The van der Waals surface area contributed by atoms with Gasteiger partial charge in [0, 0.05) is 26.2 Å². The van der Waals surface area contributed by atoms with E-state index in [1.807, 2.05) is 11.8 Å². The third-order valence-corrected chi connectivity index (χ3v) is 3.61. The number of hydrogen-bond donors (Lipinski definition) is 3. The van der Waals surface area contributed by atoms with Crippen LogP contribution in [-0.2, 0) is 4.79 Å². The van der Waals surface area contributed by atoms with E-state index in [9.17, 15) is 15.0 Å². The van der Waals surface area contributed by atoms with E-state index in [0.717, 1.165) is 32.1 Å². The smallest absolute Gasteiger partial charge is 0.874 e. The van der Waals surface area contributed by atoms with E-state index in [4.69, 9.17) is 5.11 Å². The Labute approximate surface area is 168 Å². The van der Waals surface area contributed by atoms with E-state index in [1.54, 1.807) is 0 Å². The minimum absolute atomic E-state index is 0. The Morgan fingerprint density at radius 3 is 2.46 bits per heavy atom. The molecule has 0 amide bonds. The van der Waals surface area contributed by atoms with Crippen molar-refractivity contribution in [1.29, 1.82) is 0 Å². The Morgan fingerprint density at radius 1 is 1.21 bits per heavy atom. The molecule has 0 aromatic rings. The van der Waals surface area contributed by atoms with Crippen LogP contribution < -0.4 is 40.0 Å². The van der Waals surface area contributed by atoms with Crippen LogP contribution in [0.5, 0.6) is 0 Å². The maximum Gasteiger partial charge on any atom is 1.00 e. The number of allylic oxidation sites excluding steroid dienone is 1. The van der Waals surface area contributed by atoms with Crippen LogP contribution in [0.1, 0.15) is 58.8 Å². The molecule has 0 aliphatic heterocycles. The minimum atomic E-state index is -0.840. The number of nitrogens with zero attached hydrogens (tertiary/aromatic N) is 1. The molecule has 0 aromatic heterocycles. The van der Waals surface area contributed by atoms with Gasteiger partial charge in [-0.2, -0.15) is 0 Å². The van der Waals surface area contributed by atoms with Gasteiger partial charge < -0.3 is 20.6 Å². The fourth-order valence-corrected chi connectivity index (χ4v) is 2.21. The van der Waals surface area contributed by atoms with Crippen molar-refractivity contribution < 1.29 is 49.7 Å². The number of aliphatic carboxylic acids is 1. The molecular weight excluding hydrogens is 319 g/mol. The summed E-state index contributed by atoms with van der Waals surface area (Å²) < 4.78 is 0. The predicted molar refractivity (Wildman–Crippen MR) is 89.8 cm³/mol. The van der Waals surface area contributed by atoms with Gasteiger partial charge in [0.25, 0.3) is 0 Å². The molecule has 0 aliphatic rings. The van der Waals surface area contributed by atoms with Crippen LogP contribution >= 0.6 is 0 Å². The number of carbonyl (C=O) groups is 1. The van der Waals surface area contributed by atoms with Crippen LogP contribution in [0.2, 0.25) is 0 Å². The van der Waals surface area contributed by atoms with Gasteiger partial charge in [0.05, 0.1) is 12.5 Å². The average molecular weight is 352 g/mol. The molecule has 3 N–H and O–H groups in total. The topological polar surface area (TPSA) is 95.9 Å². The first-order chi connectivity index (χ1) is 11.0. The standard InChI is InChI=1S/C17H34N2O4.Na/c1-3-5-7-15(20)13-18-10-12-19(11-9-17(22)23)14-16(21)8-6-4-2;/h13,16,18,20-21H,3-12,14H2,1-2H3,(H,22,23);/q;+1/p-1/b15-13-;. The summed E-state index contributed by atoms with van der Waals surface area (Å²) in [4.78, 5) is 12.7. The maximum absolute atomic E-state index is 11.5. The normalized spacial score (nSPS) is 12.8. The summed E-state index contributed by atoms with van der Waals surface area (Å²) >= 11 is 0. The first-order valence-corrected chi connectivity index (χ1v) is 8.71. The molecular formula is C17H33N2NaO4. The summed E-state index contributed by atoms with van der Waals surface area (Å²) in [6.07, 6.45) is 6.30. The molecule has 136 valence electrons. The van der Waals surface area contributed by atoms with E-state index in [-0.39, 0.29) is 41.7 Å². The van der Waals surface area contributed by atoms with Crippen molar-refractivity contribution in [3.63, 3.8) is 0 Å². The van der Waals surface area contributed by atoms with Gasteiger partial charge in [0.1, 0.15) is 0 Å². The quantitative estimate of drug-likeness (QED) is 0.185. The zero-order valence-electron chi connectivity index (χ0n) is 15.6. The molecule has 24 heavy (non-hydrogen) atoms. The van der Waals surface area contributed by atoms with Gasteiger partial charge in [-0.05, 0) is 19.0 Å². The molecule has 0 aromatic carbocycles. The number of aliphatic hydroxyl groups excluding tert-OH is 1. The second-order valence-corrected chi connectivity index (χ2v) is 5.91. The van der Waals surface area contributed by atoms with Crippen LogP contribution in [0.15, 0.2) is 12.0 Å². The molecule has 0 aliphatic carbocycles. The summed E-state index contributed by atoms with van der Waals surface area (Å²) in [5.41, 5.74) is 0. The van der Waals surface area contributed by atoms with Gasteiger partial charge >= 0.3 is 35.5 Å². The zero-order chi connectivity index (χ0) is 17.5. The first-order valence-electron chi connectivity index (χ1n) is 8.71. The molecule has 0 heterocycles. The van der Waals surface area contributed by atoms with Crippen LogP contribution in [0, 0.1) is 0 Å². The molecule has 0 radical (unpaired) electrons. The number of aliphatic hydroxyl groups is 1. The molecule has 0 saturated carbocycles. The molecule has 0 saturated heterocycles. The molecule has 1 atom stereocenters. The average Bonchev–Trinajstić information content (AvgIpc) is 2.52. The van der Waals surface area contributed by atoms with Crippen LogP contribution in [0.4, 0.5) is 0 Å². The number of nitrogens with one attached hydrogen (secondary N) is 1. The summed E-state index contributed by atoms with van der Waals surface area (Å²) in [5, 5.41) is 33.3. The van der Waals surface area contributed by atoms with Crippen LogP contribution in [-0.4, -0.2) is 53.4 Å². The molecule has 0 fully saturated rings. The second-order valence-electron chi connectivity index (χ2n) is 5.91.